The smallest absolute Gasteiger partial charge is 0.307 e. The van der Waals surface area contributed by atoms with Crippen molar-refractivity contribution in [2.75, 3.05) is 19.7 Å². The third-order valence-electron chi connectivity index (χ3n) is 5.66. The Kier molecular flexibility index (Phi) is 7.57. The van der Waals surface area contributed by atoms with Crippen molar-refractivity contribution in [2.24, 2.45) is 0 Å². The van der Waals surface area contributed by atoms with Gasteiger partial charge in [-0.25, -0.2) is 9.37 Å². The highest BCUT2D eigenvalue weighted by Crippen LogP contribution is 2.33. The van der Waals surface area contributed by atoms with E-state index in [2.05, 4.69) is 9.88 Å². The van der Waals surface area contributed by atoms with Crippen LogP contribution in [-0.4, -0.2) is 35.5 Å². The molecule has 0 atom stereocenters. The fourth-order valence-corrected chi connectivity index (χ4v) is 4.22. The fraction of sp³-hybridized carbons (Fsp3) is 0.308. The van der Waals surface area contributed by atoms with Crippen LogP contribution < -0.4 is 4.74 Å². The van der Waals surface area contributed by atoms with E-state index in [9.17, 15) is 9.18 Å². The van der Waals surface area contributed by atoms with E-state index in [-0.39, 0.29) is 18.4 Å². The Morgan fingerprint density at radius 2 is 1.94 bits per heavy atom. The maximum Gasteiger partial charge on any atom is 0.307 e. The van der Waals surface area contributed by atoms with E-state index >= 15 is 0 Å². The quantitative estimate of drug-likeness (QED) is 0.412. The van der Waals surface area contributed by atoms with Crippen LogP contribution in [0, 0.1) is 5.82 Å². The zero-order chi connectivity index (χ0) is 23.2. The summed E-state index contributed by atoms with van der Waals surface area (Å²) in [5.41, 5.74) is 4.01. The first-order valence-electron chi connectivity index (χ1n) is 11.1. The van der Waals surface area contributed by atoms with Crippen molar-refractivity contribution in [2.45, 2.75) is 32.9 Å². The molecule has 7 heteroatoms. The van der Waals surface area contributed by atoms with Crippen LogP contribution in [-0.2, 0) is 29.1 Å². The van der Waals surface area contributed by atoms with Gasteiger partial charge >= 0.3 is 5.97 Å². The van der Waals surface area contributed by atoms with Crippen LogP contribution in [0.25, 0.3) is 11.1 Å². The Balaban J connectivity index is 1.39. The van der Waals surface area contributed by atoms with Crippen LogP contribution in [0.1, 0.15) is 30.2 Å². The maximum absolute atomic E-state index is 14.2. The van der Waals surface area contributed by atoms with Gasteiger partial charge in [-0.3, -0.25) is 9.69 Å². The van der Waals surface area contributed by atoms with Crippen molar-refractivity contribution in [1.29, 1.82) is 0 Å². The Morgan fingerprint density at radius 3 is 2.76 bits per heavy atom. The van der Waals surface area contributed by atoms with Crippen molar-refractivity contribution in [3.63, 3.8) is 0 Å². The van der Waals surface area contributed by atoms with Gasteiger partial charge in [0, 0.05) is 48.8 Å². The van der Waals surface area contributed by atoms with Crippen LogP contribution in [0.3, 0.4) is 0 Å². The summed E-state index contributed by atoms with van der Waals surface area (Å²) >= 11 is 6.58. The second kappa shape index (κ2) is 10.8. The number of rotatable bonds is 8. The van der Waals surface area contributed by atoms with Gasteiger partial charge in [0.25, 0.3) is 0 Å². The van der Waals surface area contributed by atoms with Gasteiger partial charge in [-0.1, -0.05) is 54.1 Å². The lowest BCUT2D eigenvalue weighted by atomic mass is 10.0. The number of hydrogen-bond donors (Lipinski definition) is 0. The van der Waals surface area contributed by atoms with E-state index in [0.29, 0.717) is 41.6 Å². The van der Waals surface area contributed by atoms with Gasteiger partial charge in [-0.15, -0.1) is 0 Å². The summed E-state index contributed by atoms with van der Waals surface area (Å²) in [5, 5.41) is 0.470. The maximum atomic E-state index is 14.2. The summed E-state index contributed by atoms with van der Waals surface area (Å²) in [5.74, 6) is 0.0501. The highest BCUT2D eigenvalue weighted by molar-refractivity contribution is 6.34. The number of carbonyl (C=O) groups is 1. The molecular formula is C26H26ClFN2O3. The van der Waals surface area contributed by atoms with Crippen molar-refractivity contribution in [1.82, 2.24) is 9.88 Å². The van der Waals surface area contributed by atoms with E-state index in [1.165, 1.54) is 6.07 Å². The van der Waals surface area contributed by atoms with Crippen molar-refractivity contribution < 1.29 is 18.7 Å². The first kappa shape index (κ1) is 23.2. The van der Waals surface area contributed by atoms with E-state index < -0.39 is 0 Å². The molecule has 0 N–H and O–H groups in total. The van der Waals surface area contributed by atoms with Gasteiger partial charge in [0.1, 0.15) is 12.4 Å². The Bertz CT molecular complexity index is 1140. The van der Waals surface area contributed by atoms with Crippen LogP contribution in [0.5, 0.6) is 5.88 Å². The number of halogens is 2. The van der Waals surface area contributed by atoms with Gasteiger partial charge < -0.3 is 9.47 Å². The number of aromatic nitrogens is 1. The number of carbonyl (C=O) groups excluding carboxylic acids is 1. The predicted molar refractivity (Wildman–Crippen MR) is 126 cm³/mol. The number of esters is 1. The largest absolute Gasteiger partial charge is 0.473 e. The molecule has 0 unspecified atom stereocenters. The van der Waals surface area contributed by atoms with Gasteiger partial charge in [-0.05, 0) is 18.6 Å². The minimum Gasteiger partial charge on any atom is -0.473 e. The SMILES string of the molecule is CCOC(=O)CCN1CCc2nc(OCc3cccc(-c4ccccc4F)c3Cl)ccc2C1. The lowest BCUT2D eigenvalue weighted by Gasteiger charge is -2.28. The highest BCUT2D eigenvalue weighted by atomic mass is 35.5. The molecule has 4 rings (SSSR count). The summed E-state index contributed by atoms with van der Waals surface area (Å²) in [6, 6.07) is 16.0. The molecule has 2 aromatic carbocycles. The molecule has 0 radical (unpaired) electrons. The molecule has 5 nitrogen and oxygen atoms in total. The molecule has 0 fully saturated rings. The molecule has 1 aliphatic rings. The van der Waals surface area contributed by atoms with E-state index in [1.807, 2.05) is 31.2 Å². The van der Waals surface area contributed by atoms with Crippen LogP contribution in [0.4, 0.5) is 4.39 Å². The van der Waals surface area contributed by atoms with E-state index in [1.54, 1.807) is 24.3 Å². The van der Waals surface area contributed by atoms with E-state index in [4.69, 9.17) is 21.1 Å². The molecule has 0 spiro atoms. The molecule has 3 aromatic rings. The van der Waals surface area contributed by atoms with Gasteiger partial charge in [0.05, 0.1) is 23.7 Å². The molecule has 0 aliphatic carbocycles. The van der Waals surface area contributed by atoms with Crippen molar-refractivity contribution in [3.8, 4) is 17.0 Å². The van der Waals surface area contributed by atoms with Gasteiger partial charge in [0.15, 0.2) is 0 Å². The molecular weight excluding hydrogens is 443 g/mol. The third-order valence-corrected chi connectivity index (χ3v) is 6.10. The standard InChI is InChI=1S/C26H26ClFN2O3/c1-2-32-25(31)13-15-30-14-12-23-18(16-30)10-11-24(29-23)33-17-19-6-5-8-21(26(19)27)20-7-3-4-9-22(20)28/h3-11H,2,12-17H2,1H3. The normalized spacial score (nSPS) is 13.4. The topological polar surface area (TPSA) is 51.7 Å². The number of pyridine rings is 1. The fourth-order valence-electron chi connectivity index (χ4n) is 3.94. The monoisotopic (exact) mass is 468 g/mol. The number of benzene rings is 2. The molecule has 0 amide bonds. The van der Waals surface area contributed by atoms with Crippen LogP contribution in [0.2, 0.25) is 5.02 Å². The van der Waals surface area contributed by atoms with Gasteiger partial charge in [-0.2, -0.15) is 0 Å². The molecule has 0 saturated carbocycles. The minimum atomic E-state index is -0.315. The van der Waals surface area contributed by atoms with Crippen molar-refractivity contribution in [3.05, 3.63) is 82.3 Å². The second-order valence-corrected chi connectivity index (χ2v) is 8.26. The number of ether oxygens (including phenoxy) is 2. The van der Waals surface area contributed by atoms with Crippen LogP contribution in [0.15, 0.2) is 54.6 Å². The second-order valence-electron chi connectivity index (χ2n) is 7.88. The molecule has 1 aliphatic heterocycles. The molecule has 2 heterocycles. The molecule has 33 heavy (non-hydrogen) atoms. The zero-order valence-corrected chi connectivity index (χ0v) is 19.3. The third kappa shape index (κ3) is 5.70. The van der Waals surface area contributed by atoms with Gasteiger partial charge in [0.2, 0.25) is 5.88 Å². The lowest BCUT2D eigenvalue weighted by molar-refractivity contribution is -0.143. The summed E-state index contributed by atoms with van der Waals surface area (Å²) < 4.78 is 25.2. The number of nitrogens with zero attached hydrogens (tertiary/aromatic N) is 2. The average molecular weight is 469 g/mol. The average Bonchev–Trinajstić information content (AvgIpc) is 2.83. The number of fused-ring (bicyclic) bond motifs is 1. The minimum absolute atomic E-state index is 0.164. The Labute approximate surface area is 198 Å². The highest BCUT2D eigenvalue weighted by Gasteiger charge is 2.19. The molecule has 172 valence electrons. The summed E-state index contributed by atoms with van der Waals surface area (Å²) in [7, 11) is 0. The predicted octanol–water partition coefficient (Wildman–Crippen LogP) is 5.43. The number of hydrogen-bond acceptors (Lipinski definition) is 5. The summed E-state index contributed by atoms with van der Waals surface area (Å²) in [6.45, 7) is 4.71. The first-order chi connectivity index (χ1) is 16.0. The van der Waals surface area contributed by atoms with E-state index in [0.717, 1.165) is 36.3 Å². The summed E-state index contributed by atoms with van der Waals surface area (Å²) in [4.78, 5) is 18.5. The Morgan fingerprint density at radius 1 is 1.12 bits per heavy atom. The molecule has 0 bridgehead atoms. The summed E-state index contributed by atoms with van der Waals surface area (Å²) in [6.07, 6.45) is 1.18. The molecule has 0 saturated heterocycles. The lowest BCUT2D eigenvalue weighted by Crippen LogP contribution is -2.33. The van der Waals surface area contributed by atoms with Crippen molar-refractivity contribution >= 4 is 17.6 Å². The zero-order valence-electron chi connectivity index (χ0n) is 18.5. The molecule has 1 aromatic heterocycles. The Hall–Kier alpha value is -2.96. The first-order valence-corrected chi connectivity index (χ1v) is 11.4. The van der Waals surface area contributed by atoms with Crippen LogP contribution >= 0.6 is 11.6 Å².